The molecule has 2 aromatic heterocycles. The number of carboxylic acids is 1. The van der Waals surface area contributed by atoms with Gasteiger partial charge in [-0.2, -0.15) is 13.2 Å². The summed E-state index contributed by atoms with van der Waals surface area (Å²) in [5.74, 6) is -2.04. The molecule has 1 atom stereocenters. The van der Waals surface area contributed by atoms with Crippen LogP contribution >= 0.6 is 34.4 Å². The Morgan fingerprint density at radius 1 is 1.20 bits per heavy atom. The Bertz CT molecular complexity index is 1630. The van der Waals surface area contributed by atoms with Crippen molar-refractivity contribution in [2.75, 3.05) is 31.3 Å². The minimum absolute atomic E-state index is 0.00652. The number of likely N-dealkylation sites (tertiary alicyclic amines) is 1. The van der Waals surface area contributed by atoms with Crippen molar-refractivity contribution in [3.05, 3.63) is 70.9 Å². The second kappa shape index (κ2) is 15.3. The molecule has 0 aliphatic carbocycles. The van der Waals surface area contributed by atoms with Gasteiger partial charge in [0.25, 0.3) is 5.91 Å². The number of nitrogens with two attached hydrogens (primary N) is 1. The van der Waals surface area contributed by atoms with Gasteiger partial charge in [0.2, 0.25) is 0 Å². The monoisotopic (exact) mass is 677 g/mol. The average Bonchev–Trinajstić information content (AvgIpc) is 3.79. The van der Waals surface area contributed by atoms with Crippen molar-refractivity contribution in [1.82, 2.24) is 9.88 Å². The molecule has 0 saturated carbocycles. The number of anilines is 1. The zero-order valence-electron chi connectivity index (χ0n) is 24.0. The van der Waals surface area contributed by atoms with E-state index in [2.05, 4.69) is 5.32 Å². The van der Waals surface area contributed by atoms with Crippen LogP contribution in [0.5, 0.6) is 5.75 Å². The molecular weight excluding hydrogens is 648 g/mol. The number of ether oxygens (including phenoxy) is 1. The molecule has 5 N–H and O–H groups in total. The van der Waals surface area contributed by atoms with E-state index in [0.717, 1.165) is 62.5 Å². The summed E-state index contributed by atoms with van der Waals surface area (Å²) < 4.78 is 38.8. The lowest BCUT2D eigenvalue weighted by Gasteiger charge is -2.25. The fourth-order valence-electron chi connectivity index (χ4n) is 4.48. The van der Waals surface area contributed by atoms with E-state index in [0.29, 0.717) is 5.75 Å². The molecule has 0 bridgehead atoms. The van der Waals surface area contributed by atoms with Crippen molar-refractivity contribution in [2.24, 2.45) is 5.73 Å². The Hall–Kier alpha value is -4.08. The summed E-state index contributed by atoms with van der Waals surface area (Å²) in [7, 11) is 0. The maximum atomic E-state index is 13.0. The number of nitrogen functional groups attached to an aromatic ring is 1. The average molecular weight is 678 g/mol. The molecule has 1 aliphatic rings. The molecule has 2 aromatic carbocycles. The highest BCUT2D eigenvalue weighted by molar-refractivity contribution is 8.00. The number of amides is 1. The summed E-state index contributed by atoms with van der Waals surface area (Å²) >= 11 is 4.70. The summed E-state index contributed by atoms with van der Waals surface area (Å²) in [6, 6.07) is 19.9. The molecule has 4 aromatic rings. The molecule has 9 nitrogen and oxygen atoms in total. The van der Waals surface area contributed by atoms with Crippen LogP contribution in [0.3, 0.4) is 0 Å². The van der Waals surface area contributed by atoms with Gasteiger partial charge in [-0.25, -0.2) is 9.78 Å². The highest BCUT2D eigenvalue weighted by Gasteiger charge is 2.38. The second-order valence-electron chi connectivity index (χ2n) is 9.72. The Balaban J connectivity index is 0.000000591. The van der Waals surface area contributed by atoms with Gasteiger partial charge in [0.05, 0.1) is 14.8 Å². The van der Waals surface area contributed by atoms with Gasteiger partial charge in [0.1, 0.15) is 16.6 Å². The number of nitrogens with zero attached hydrogens (tertiary/aromatic N) is 2. The number of thiophene rings is 1. The standard InChI is InChI=1S/C28H29N5O2S3.C2HF3O2/c1-36-28-22(14-24(38-28)26(29)30)27-32-23(17-37-27)18-7-5-11-21(13-18)35-16-25(34)33-12-6-10-20(33)15-31-19-8-3-2-4-9-19;3-2(4,5)1(6)7/h2-5,7-9,11,13-14,17,20,31H,6,10,12,15-16H2,1H3,(H3,29,30);(H,6,7)/t20-;/m1./s1. The van der Waals surface area contributed by atoms with Crippen molar-refractivity contribution in [3.8, 4) is 27.6 Å². The van der Waals surface area contributed by atoms with E-state index >= 15 is 0 Å². The zero-order chi connectivity index (χ0) is 32.6. The number of thioether (sulfide) groups is 1. The van der Waals surface area contributed by atoms with Gasteiger partial charge in [0, 0.05) is 41.3 Å². The van der Waals surface area contributed by atoms with Crippen molar-refractivity contribution in [3.63, 3.8) is 0 Å². The topological polar surface area (TPSA) is 142 Å². The quantitative estimate of drug-likeness (QED) is 0.0830. The molecule has 5 rings (SSSR count). The minimum Gasteiger partial charge on any atom is -0.484 e. The van der Waals surface area contributed by atoms with Crippen LogP contribution in [0.15, 0.2) is 70.3 Å². The van der Waals surface area contributed by atoms with E-state index in [9.17, 15) is 18.0 Å². The number of carbonyl (C=O) groups is 2. The summed E-state index contributed by atoms with van der Waals surface area (Å²) in [5.41, 5.74) is 9.54. The Morgan fingerprint density at radius 2 is 1.93 bits per heavy atom. The number of carboxylic acid groups (broad SMARTS) is 1. The van der Waals surface area contributed by atoms with E-state index in [-0.39, 0.29) is 24.4 Å². The van der Waals surface area contributed by atoms with E-state index in [1.54, 1.807) is 23.1 Å². The van der Waals surface area contributed by atoms with Crippen molar-refractivity contribution in [2.45, 2.75) is 29.3 Å². The van der Waals surface area contributed by atoms with E-state index in [1.807, 2.05) is 77.2 Å². The maximum absolute atomic E-state index is 13.0. The number of halogens is 3. The smallest absolute Gasteiger partial charge is 0.484 e. The van der Waals surface area contributed by atoms with Gasteiger partial charge in [-0.1, -0.05) is 30.3 Å². The Morgan fingerprint density at radius 3 is 2.60 bits per heavy atom. The molecule has 1 saturated heterocycles. The van der Waals surface area contributed by atoms with Crippen molar-refractivity contribution in [1.29, 1.82) is 5.41 Å². The van der Waals surface area contributed by atoms with Gasteiger partial charge in [-0.05, 0) is 49.4 Å². The number of nitrogens with one attached hydrogen (secondary N) is 2. The summed E-state index contributed by atoms with van der Waals surface area (Å²) in [5, 5.41) is 21.2. The van der Waals surface area contributed by atoms with Crippen LogP contribution in [0.1, 0.15) is 17.7 Å². The molecule has 1 aliphatic heterocycles. The highest BCUT2D eigenvalue weighted by Crippen LogP contribution is 2.40. The molecule has 3 heterocycles. The molecule has 238 valence electrons. The fourth-order valence-corrected chi connectivity index (χ4v) is 7.19. The number of benzene rings is 2. The number of rotatable bonds is 10. The molecular formula is C30H30F3N5O4S3. The second-order valence-corrected chi connectivity index (χ2v) is 12.7. The van der Waals surface area contributed by atoms with Crippen LogP contribution in [-0.2, 0) is 9.59 Å². The first-order chi connectivity index (χ1) is 21.5. The van der Waals surface area contributed by atoms with Crippen LogP contribution in [0, 0.1) is 5.41 Å². The normalized spacial score (nSPS) is 14.4. The number of hydrogen-bond acceptors (Lipinski definition) is 9. The lowest BCUT2D eigenvalue weighted by atomic mass is 10.1. The molecule has 0 unspecified atom stereocenters. The molecule has 45 heavy (non-hydrogen) atoms. The van der Waals surface area contributed by atoms with Gasteiger partial charge in [-0.15, -0.1) is 34.4 Å². The number of carbonyl (C=O) groups excluding carboxylic acids is 1. The third kappa shape index (κ3) is 9.22. The third-order valence-electron chi connectivity index (χ3n) is 6.63. The van der Waals surface area contributed by atoms with Gasteiger partial charge in [-0.3, -0.25) is 10.2 Å². The zero-order valence-corrected chi connectivity index (χ0v) is 26.4. The first kappa shape index (κ1) is 33.8. The lowest BCUT2D eigenvalue weighted by molar-refractivity contribution is -0.192. The van der Waals surface area contributed by atoms with Crippen LogP contribution in [0.4, 0.5) is 18.9 Å². The van der Waals surface area contributed by atoms with E-state index in [4.69, 9.17) is 30.8 Å². The van der Waals surface area contributed by atoms with E-state index < -0.39 is 12.1 Å². The maximum Gasteiger partial charge on any atom is 0.490 e. The predicted molar refractivity (Wildman–Crippen MR) is 173 cm³/mol. The number of amidine groups is 1. The first-order valence-corrected chi connectivity index (χ1v) is 16.5. The molecule has 0 radical (unpaired) electrons. The fraction of sp³-hybridized carbons (Fsp3) is 0.267. The number of hydrogen-bond donors (Lipinski definition) is 4. The van der Waals surface area contributed by atoms with Gasteiger partial charge < -0.3 is 25.8 Å². The van der Waals surface area contributed by atoms with E-state index in [1.165, 1.54) is 11.3 Å². The van der Waals surface area contributed by atoms with Gasteiger partial charge >= 0.3 is 12.1 Å². The van der Waals surface area contributed by atoms with Gasteiger partial charge in [0.15, 0.2) is 6.61 Å². The molecule has 0 spiro atoms. The summed E-state index contributed by atoms with van der Waals surface area (Å²) in [6.45, 7) is 1.50. The highest BCUT2D eigenvalue weighted by atomic mass is 32.2. The van der Waals surface area contributed by atoms with Crippen LogP contribution in [-0.4, -0.2) is 70.9 Å². The van der Waals surface area contributed by atoms with Crippen molar-refractivity contribution < 1.29 is 32.6 Å². The Kier molecular flexibility index (Phi) is 11.5. The minimum atomic E-state index is -5.08. The van der Waals surface area contributed by atoms with Crippen LogP contribution in [0.2, 0.25) is 0 Å². The number of aliphatic carboxylic acids is 1. The number of alkyl halides is 3. The lowest BCUT2D eigenvalue weighted by Crippen LogP contribution is -2.42. The number of aromatic nitrogens is 1. The van der Waals surface area contributed by atoms with Crippen molar-refractivity contribution >= 4 is 57.8 Å². The predicted octanol–water partition coefficient (Wildman–Crippen LogP) is 6.66. The molecule has 15 heteroatoms. The van der Waals surface area contributed by atoms with Crippen LogP contribution in [0.25, 0.3) is 21.8 Å². The Labute approximate surface area is 269 Å². The SMILES string of the molecule is CSc1sc(C(=N)N)cc1-c1nc(-c2cccc(OCC(=O)N3CCC[C@@H]3CNc3ccccc3)c2)cs1.O=C(O)C(F)(F)F. The number of thiazole rings is 1. The molecule has 1 fully saturated rings. The molecule has 1 amide bonds. The third-order valence-corrected chi connectivity index (χ3v) is 9.81. The van der Waals surface area contributed by atoms with Crippen LogP contribution < -0.4 is 15.8 Å². The first-order valence-electron chi connectivity index (χ1n) is 13.6. The summed E-state index contributed by atoms with van der Waals surface area (Å²) in [6.07, 6.45) is -1.08. The summed E-state index contributed by atoms with van der Waals surface area (Å²) in [4.78, 5) is 29.4. The number of para-hydroxylation sites is 1. The largest absolute Gasteiger partial charge is 0.490 e.